The van der Waals surface area contributed by atoms with Gasteiger partial charge in [0, 0.05) is 0 Å². The molecule has 0 aliphatic carbocycles. The molecule has 0 spiro atoms. The fourth-order valence-electron chi connectivity index (χ4n) is 2.36. The third-order valence-corrected chi connectivity index (χ3v) is 3.38. The molecule has 0 unspecified atom stereocenters. The summed E-state index contributed by atoms with van der Waals surface area (Å²) < 4.78 is 0. The highest BCUT2D eigenvalue weighted by Gasteiger charge is 2.15. The predicted molar refractivity (Wildman–Crippen MR) is 74.4 cm³/mol. The van der Waals surface area contributed by atoms with Crippen LogP contribution in [0.15, 0.2) is 0 Å². The van der Waals surface area contributed by atoms with E-state index in [0.717, 1.165) is 0 Å². The number of hydrogen-bond donors (Lipinski definition) is 0. The lowest BCUT2D eigenvalue weighted by Gasteiger charge is -2.23. The Kier molecular flexibility index (Phi) is 9.34. The van der Waals surface area contributed by atoms with Gasteiger partial charge in [-0.2, -0.15) is 0 Å². The molecule has 1 atom stereocenters. The summed E-state index contributed by atoms with van der Waals surface area (Å²) in [6.45, 7) is 7.01. The first kappa shape index (κ1) is 15.1. The molecule has 0 amide bonds. The van der Waals surface area contributed by atoms with E-state index in [1.54, 1.807) is 0 Å². The van der Waals surface area contributed by atoms with Crippen molar-refractivity contribution in [2.24, 2.45) is 0 Å². The molecule has 0 nitrogen and oxygen atoms in total. The van der Waals surface area contributed by atoms with Gasteiger partial charge in [-0.05, 0) is 0 Å². The highest BCUT2D eigenvalue weighted by Crippen LogP contribution is 2.33. The minimum Gasteiger partial charge on any atom is -0.0669 e. The highest BCUT2D eigenvalue weighted by molar-refractivity contribution is 6.14. The van der Waals surface area contributed by atoms with E-state index in [1.807, 2.05) is 0 Å². The highest BCUT2D eigenvalue weighted by atomic mass is 14.1. The van der Waals surface area contributed by atoms with Crippen molar-refractivity contribution in [3.8, 4) is 0 Å². The Labute approximate surface area is 98.6 Å². The maximum Gasteiger partial charge on any atom is 0.109 e. The Hall–Kier alpha value is 0.0649. The first-order valence-electron chi connectivity index (χ1n) is 7.12. The van der Waals surface area contributed by atoms with Crippen LogP contribution in [0.1, 0.15) is 85.0 Å². The van der Waals surface area contributed by atoms with Gasteiger partial charge in [0.2, 0.25) is 0 Å². The molecule has 0 saturated carbocycles. The fourth-order valence-corrected chi connectivity index (χ4v) is 2.36. The van der Waals surface area contributed by atoms with Gasteiger partial charge in [0.15, 0.2) is 0 Å². The smallest absolute Gasteiger partial charge is 0.0669 e. The molecule has 0 aromatic carbocycles. The molecular weight excluding hydrogens is 179 g/mol. The van der Waals surface area contributed by atoms with Crippen LogP contribution in [-0.2, 0) is 0 Å². The molecule has 0 N–H and O–H groups in total. The second-order valence-corrected chi connectivity index (χ2v) is 5.79. The van der Waals surface area contributed by atoms with Crippen LogP contribution in [0.3, 0.4) is 0 Å². The lowest BCUT2D eigenvalue weighted by Crippen LogP contribution is -2.07. The standard InChI is InChI=1S/C14H31B/c1-4-6-7-8-9-10-11-13-14(3,15)12-5-2/h4-13,15H2,1-3H3/t14-/m1/s1. The maximum atomic E-state index is 2.42. The maximum absolute atomic E-state index is 2.42. The second kappa shape index (κ2) is 9.30. The van der Waals surface area contributed by atoms with Crippen LogP contribution >= 0.6 is 0 Å². The lowest BCUT2D eigenvalue weighted by molar-refractivity contribution is 0.470. The normalized spacial score (nSPS) is 15.1. The van der Waals surface area contributed by atoms with Crippen molar-refractivity contribution in [3.05, 3.63) is 0 Å². The summed E-state index contributed by atoms with van der Waals surface area (Å²) in [4.78, 5) is 0. The quantitative estimate of drug-likeness (QED) is 0.361. The van der Waals surface area contributed by atoms with Crippen molar-refractivity contribution < 1.29 is 0 Å². The summed E-state index contributed by atoms with van der Waals surface area (Å²) in [5.41, 5.74) is 0. The molecule has 15 heavy (non-hydrogen) atoms. The van der Waals surface area contributed by atoms with Gasteiger partial charge in [-0.3, -0.25) is 0 Å². The first-order chi connectivity index (χ1) is 7.12. The predicted octanol–water partition coefficient (Wildman–Crippen LogP) is 4.74. The van der Waals surface area contributed by atoms with Gasteiger partial charge in [0.25, 0.3) is 0 Å². The number of unbranched alkanes of at least 4 members (excludes halogenated alkanes) is 6. The third kappa shape index (κ3) is 10.3. The Morgan fingerprint density at radius 2 is 1.27 bits per heavy atom. The number of rotatable bonds is 10. The van der Waals surface area contributed by atoms with Crippen molar-refractivity contribution in [2.45, 2.75) is 90.3 Å². The van der Waals surface area contributed by atoms with E-state index < -0.39 is 0 Å². The van der Waals surface area contributed by atoms with Gasteiger partial charge >= 0.3 is 0 Å². The summed E-state index contributed by atoms with van der Waals surface area (Å²) in [6.07, 6.45) is 14.2. The molecular formula is C14H31B. The van der Waals surface area contributed by atoms with Crippen LogP contribution in [0.5, 0.6) is 0 Å². The molecule has 0 aromatic rings. The summed E-state index contributed by atoms with van der Waals surface area (Å²) >= 11 is 0. The molecule has 0 rings (SSSR count). The average molecular weight is 210 g/mol. The van der Waals surface area contributed by atoms with Gasteiger partial charge in [-0.1, -0.05) is 90.3 Å². The van der Waals surface area contributed by atoms with E-state index in [4.69, 9.17) is 0 Å². The Bertz CT molecular complexity index is 129. The van der Waals surface area contributed by atoms with Gasteiger partial charge in [-0.25, -0.2) is 0 Å². The number of hydrogen-bond acceptors (Lipinski definition) is 0. The van der Waals surface area contributed by atoms with Gasteiger partial charge in [0.05, 0.1) is 0 Å². The van der Waals surface area contributed by atoms with E-state index in [-0.39, 0.29) is 0 Å². The lowest BCUT2D eigenvalue weighted by atomic mass is 9.64. The Morgan fingerprint density at radius 1 is 0.733 bits per heavy atom. The average Bonchev–Trinajstić information content (AvgIpc) is 2.16. The minimum atomic E-state index is 0.595. The zero-order valence-corrected chi connectivity index (χ0v) is 11.6. The fraction of sp³-hybridized carbons (Fsp3) is 1.00. The monoisotopic (exact) mass is 210 g/mol. The topological polar surface area (TPSA) is 0 Å². The summed E-state index contributed by atoms with van der Waals surface area (Å²) in [5.74, 6) is 0. The zero-order chi connectivity index (χ0) is 11.6. The van der Waals surface area contributed by atoms with E-state index in [0.29, 0.717) is 5.31 Å². The first-order valence-corrected chi connectivity index (χ1v) is 7.12. The largest absolute Gasteiger partial charge is 0.109 e. The molecule has 0 aliphatic rings. The van der Waals surface area contributed by atoms with Gasteiger partial charge in [-0.15, -0.1) is 0 Å². The SMILES string of the molecule is B[C@](C)(CCC)CCCCCCCCC. The summed E-state index contributed by atoms with van der Waals surface area (Å²) in [5, 5.41) is 0.595. The van der Waals surface area contributed by atoms with Crippen LogP contribution in [0.25, 0.3) is 0 Å². The molecule has 0 fully saturated rings. The summed E-state index contributed by atoms with van der Waals surface area (Å²) in [6, 6.07) is 0. The van der Waals surface area contributed by atoms with Gasteiger partial charge in [0.1, 0.15) is 7.85 Å². The van der Waals surface area contributed by atoms with Crippen LogP contribution in [0, 0.1) is 0 Å². The van der Waals surface area contributed by atoms with Crippen molar-refractivity contribution in [3.63, 3.8) is 0 Å². The Balaban J connectivity index is 3.22. The molecule has 1 heteroatoms. The summed E-state index contributed by atoms with van der Waals surface area (Å²) in [7, 11) is 2.42. The molecule has 0 bridgehead atoms. The van der Waals surface area contributed by atoms with Crippen LogP contribution in [-0.4, -0.2) is 7.85 Å². The molecule has 0 aliphatic heterocycles. The molecule has 0 aromatic heterocycles. The second-order valence-electron chi connectivity index (χ2n) is 5.79. The van der Waals surface area contributed by atoms with Crippen LogP contribution in [0.4, 0.5) is 0 Å². The van der Waals surface area contributed by atoms with Crippen molar-refractivity contribution in [1.29, 1.82) is 0 Å². The van der Waals surface area contributed by atoms with Crippen molar-refractivity contribution in [2.75, 3.05) is 0 Å². The van der Waals surface area contributed by atoms with Gasteiger partial charge < -0.3 is 0 Å². The van der Waals surface area contributed by atoms with Crippen molar-refractivity contribution >= 4 is 7.85 Å². The molecule has 0 heterocycles. The minimum absolute atomic E-state index is 0.595. The van der Waals surface area contributed by atoms with Crippen LogP contribution in [0.2, 0.25) is 5.31 Å². The molecule has 90 valence electrons. The van der Waals surface area contributed by atoms with E-state index >= 15 is 0 Å². The molecule has 0 radical (unpaired) electrons. The van der Waals surface area contributed by atoms with E-state index in [1.165, 1.54) is 64.2 Å². The van der Waals surface area contributed by atoms with Crippen LogP contribution < -0.4 is 0 Å². The Morgan fingerprint density at radius 3 is 1.80 bits per heavy atom. The third-order valence-electron chi connectivity index (χ3n) is 3.38. The van der Waals surface area contributed by atoms with E-state index in [2.05, 4.69) is 28.6 Å². The molecule has 0 saturated heterocycles. The van der Waals surface area contributed by atoms with Crippen molar-refractivity contribution in [1.82, 2.24) is 0 Å². The zero-order valence-electron chi connectivity index (χ0n) is 11.6. The van der Waals surface area contributed by atoms with E-state index in [9.17, 15) is 0 Å².